The molecule has 0 aromatic rings. The minimum Gasteiger partial charge on any atom is -0.396 e. The molecule has 144 valence electrons. The van der Waals surface area contributed by atoms with Crippen LogP contribution in [0.4, 0.5) is 13.2 Å². The van der Waals surface area contributed by atoms with Crippen LogP contribution < -0.4 is 5.32 Å². The van der Waals surface area contributed by atoms with E-state index in [1.807, 2.05) is 0 Å². The zero-order valence-electron chi connectivity index (χ0n) is 14.8. The lowest BCUT2D eigenvalue weighted by Crippen LogP contribution is -2.51. The fourth-order valence-corrected chi connectivity index (χ4v) is 3.51. The summed E-state index contributed by atoms with van der Waals surface area (Å²) in [5.74, 6) is -2.19. The van der Waals surface area contributed by atoms with Gasteiger partial charge in [0.25, 0.3) is 0 Å². The van der Waals surface area contributed by atoms with Gasteiger partial charge in [0.15, 0.2) is 5.60 Å². The molecule has 0 bridgehead atoms. The summed E-state index contributed by atoms with van der Waals surface area (Å²) in [6.07, 6.45) is 3.55. The third kappa shape index (κ3) is 3.64. The highest BCUT2D eigenvalue weighted by Crippen LogP contribution is 2.55. The maximum absolute atomic E-state index is 13.8. The molecule has 3 N–H and O–H groups in total. The number of unbranched alkanes of at least 4 members (excludes halogenated alkanes) is 1. The number of allylic oxidation sites excluding steroid dienone is 4. The van der Waals surface area contributed by atoms with Gasteiger partial charge >= 0.3 is 6.18 Å². The van der Waals surface area contributed by atoms with Crippen LogP contribution in [-0.4, -0.2) is 41.0 Å². The molecule has 3 atom stereocenters. The molecule has 0 aliphatic heterocycles. The summed E-state index contributed by atoms with van der Waals surface area (Å²) >= 11 is 0. The summed E-state index contributed by atoms with van der Waals surface area (Å²) < 4.78 is 41.3. The number of alkyl halides is 3. The quantitative estimate of drug-likeness (QED) is 0.497. The second-order valence-corrected chi connectivity index (χ2v) is 6.70. The van der Waals surface area contributed by atoms with E-state index in [2.05, 4.69) is 5.32 Å². The van der Waals surface area contributed by atoms with Crippen molar-refractivity contribution in [1.29, 1.82) is 0 Å². The second-order valence-electron chi connectivity index (χ2n) is 6.70. The smallest absolute Gasteiger partial charge is 0.396 e. The largest absolute Gasteiger partial charge is 0.422 e. The standard InChI is InChI=1S/C19H24F3NO3/c1-12(17(25)23-9-5-6-10-24)11-16-13(2)14-7-3-4-8-15(14)18(16,26)19(20,21)22/h3-4,7-8,11,14-15,24,26H,5-6,9-10H2,1-2H3,(H,23,25)/b12-11+. The monoisotopic (exact) mass is 371 g/mol. The van der Waals surface area contributed by atoms with Crippen LogP contribution in [0, 0.1) is 11.8 Å². The molecule has 0 heterocycles. The normalized spacial score (nSPS) is 28.5. The molecule has 0 fully saturated rings. The molecule has 7 heteroatoms. The van der Waals surface area contributed by atoms with E-state index in [1.165, 1.54) is 19.1 Å². The van der Waals surface area contributed by atoms with E-state index in [1.54, 1.807) is 19.1 Å². The lowest BCUT2D eigenvalue weighted by Gasteiger charge is -2.35. The SMILES string of the molecule is CC1=C(/C=C(\C)C(=O)NCCCCO)C(O)(C(F)(F)F)C2C=CC=CC12. The first-order chi connectivity index (χ1) is 12.1. The van der Waals surface area contributed by atoms with Crippen LogP contribution in [-0.2, 0) is 4.79 Å². The molecule has 0 saturated heterocycles. The first-order valence-electron chi connectivity index (χ1n) is 8.57. The maximum Gasteiger partial charge on any atom is 0.422 e. The molecule has 3 unspecified atom stereocenters. The van der Waals surface area contributed by atoms with Crippen molar-refractivity contribution in [3.8, 4) is 0 Å². The fraction of sp³-hybridized carbons (Fsp3) is 0.526. The predicted molar refractivity (Wildman–Crippen MR) is 92.1 cm³/mol. The van der Waals surface area contributed by atoms with E-state index in [0.29, 0.717) is 25.0 Å². The molecular weight excluding hydrogens is 347 g/mol. The van der Waals surface area contributed by atoms with Gasteiger partial charge in [0.1, 0.15) is 0 Å². The Balaban J connectivity index is 2.32. The number of halogens is 3. The Morgan fingerprint density at radius 3 is 2.58 bits per heavy atom. The number of rotatable bonds is 6. The van der Waals surface area contributed by atoms with Gasteiger partial charge in [-0.3, -0.25) is 4.79 Å². The Bertz CT molecular complexity index is 676. The number of amides is 1. The number of hydrogen-bond donors (Lipinski definition) is 3. The molecule has 1 amide bonds. The van der Waals surface area contributed by atoms with Crippen molar-refractivity contribution < 1.29 is 28.2 Å². The van der Waals surface area contributed by atoms with E-state index >= 15 is 0 Å². The first-order valence-corrected chi connectivity index (χ1v) is 8.57. The summed E-state index contributed by atoms with van der Waals surface area (Å²) in [6, 6.07) is 0. The molecule has 2 aliphatic carbocycles. The minimum atomic E-state index is -4.87. The van der Waals surface area contributed by atoms with Gasteiger partial charge in [0.2, 0.25) is 5.91 Å². The minimum absolute atomic E-state index is 0.0131. The third-order valence-electron chi connectivity index (χ3n) is 4.97. The molecule has 4 nitrogen and oxygen atoms in total. The molecular formula is C19H24F3NO3. The van der Waals surface area contributed by atoms with Gasteiger partial charge in [-0.15, -0.1) is 0 Å². The summed E-state index contributed by atoms with van der Waals surface area (Å²) in [5.41, 5.74) is -2.79. The molecule has 2 aliphatic rings. The van der Waals surface area contributed by atoms with Crippen molar-refractivity contribution >= 4 is 5.91 Å². The molecule has 0 aromatic heterocycles. The zero-order chi connectivity index (χ0) is 19.5. The number of hydrogen-bond acceptors (Lipinski definition) is 3. The van der Waals surface area contributed by atoms with E-state index in [-0.39, 0.29) is 17.8 Å². The summed E-state index contributed by atoms with van der Waals surface area (Å²) in [7, 11) is 0. The third-order valence-corrected chi connectivity index (χ3v) is 4.97. The lowest BCUT2D eigenvalue weighted by molar-refractivity contribution is -0.254. The Morgan fingerprint density at radius 1 is 1.31 bits per heavy atom. The Kier molecular flexibility index (Phi) is 6.13. The maximum atomic E-state index is 13.8. The molecule has 0 saturated carbocycles. The topological polar surface area (TPSA) is 69.6 Å². The average molecular weight is 371 g/mol. The second kappa shape index (κ2) is 7.80. The van der Waals surface area contributed by atoms with E-state index < -0.39 is 29.5 Å². The number of nitrogens with one attached hydrogen (secondary N) is 1. The van der Waals surface area contributed by atoms with Crippen LogP contribution in [0.1, 0.15) is 26.7 Å². The van der Waals surface area contributed by atoms with Gasteiger partial charge in [0, 0.05) is 30.6 Å². The van der Waals surface area contributed by atoms with Gasteiger partial charge in [0.05, 0.1) is 0 Å². The van der Waals surface area contributed by atoms with Gasteiger partial charge in [-0.25, -0.2) is 0 Å². The van der Waals surface area contributed by atoms with E-state index in [0.717, 1.165) is 6.08 Å². The molecule has 0 spiro atoms. The number of fused-ring (bicyclic) bond motifs is 1. The molecule has 0 radical (unpaired) electrons. The highest BCUT2D eigenvalue weighted by atomic mass is 19.4. The van der Waals surface area contributed by atoms with Crippen molar-refractivity contribution in [3.05, 3.63) is 47.1 Å². The lowest BCUT2D eigenvalue weighted by atomic mass is 9.78. The van der Waals surface area contributed by atoms with Crippen molar-refractivity contribution in [2.75, 3.05) is 13.2 Å². The van der Waals surface area contributed by atoms with Crippen LogP contribution in [0.2, 0.25) is 0 Å². The summed E-state index contributed by atoms with van der Waals surface area (Å²) in [4.78, 5) is 12.1. The number of aliphatic hydroxyl groups is 2. The van der Waals surface area contributed by atoms with Crippen molar-refractivity contribution in [2.45, 2.75) is 38.5 Å². The molecule has 2 rings (SSSR count). The van der Waals surface area contributed by atoms with Crippen LogP contribution in [0.5, 0.6) is 0 Å². The van der Waals surface area contributed by atoms with Gasteiger partial charge in [-0.2, -0.15) is 13.2 Å². The predicted octanol–water partition coefficient (Wildman–Crippen LogP) is 2.80. The Hall–Kier alpha value is -1.86. The van der Waals surface area contributed by atoms with Crippen molar-refractivity contribution in [3.63, 3.8) is 0 Å². The van der Waals surface area contributed by atoms with Crippen LogP contribution in [0.15, 0.2) is 47.1 Å². The average Bonchev–Trinajstić information content (AvgIpc) is 2.81. The van der Waals surface area contributed by atoms with E-state index in [9.17, 15) is 23.1 Å². The van der Waals surface area contributed by atoms with Crippen molar-refractivity contribution in [2.24, 2.45) is 11.8 Å². The van der Waals surface area contributed by atoms with Gasteiger partial charge in [-0.1, -0.05) is 29.9 Å². The van der Waals surface area contributed by atoms with E-state index in [4.69, 9.17) is 5.11 Å². The Morgan fingerprint density at radius 2 is 1.96 bits per heavy atom. The number of carbonyl (C=O) groups excluding carboxylic acids is 1. The highest BCUT2D eigenvalue weighted by molar-refractivity contribution is 5.93. The van der Waals surface area contributed by atoms with Crippen molar-refractivity contribution in [1.82, 2.24) is 5.32 Å². The van der Waals surface area contributed by atoms with Gasteiger partial charge in [-0.05, 0) is 38.3 Å². The van der Waals surface area contributed by atoms with Crippen LogP contribution >= 0.6 is 0 Å². The fourth-order valence-electron chi connectivity index (χ4n) is 3.51. The van der Waals surface area contributed by atoms with Gasteiger partial charge < -0.3 is 15.5 Å². The summed E-state index contributed by atoms with van der Waals surface area (Å²) in [5, 5.41) is 22.0. The number of carbonyl (C=O) groups is 1. The Labute approximate surface area is 150 Å². The highest BCUT2D eigenvalue weighted by Gasteiger charge is 2.65. The molecule has 0 aromatic carbocycles. The summed E-state index contributed by atoms with van der Waals surface area (Å²) in [6.45, 7) is 3.32. The first kappa shape index (κ1) is 20.5. The molecule has 26 heavy (non-hydrogen) atoms. The zero-order valence-corrected chi connectivity index (χ0v) is 14.8. The van der Waals surface area contributed by atoms with Crippen LogP contribution in [0.25, 0.3) is 0 Å². The number of aliphatic hydroxyl groups excluding tert-OH is 1. The van der Waals surface area contributed by atoms with Crippen LogP contribution in [0.3, 0.4) is 0 Å².